The van der Waals surface area contributed by atoms with Crippen LogP contribution in [0.4, 0.5) is 0 Å². The second kappa shape index (κ2) is 4.90. The summed E-state index contributed by atoms with van der Waals surface area (Å²) >= 11 is 0. The zero-order valence-electron chi connectivity index (χ0n) is 10.7. The van der Waals surface area contributed by atoms with E-state index in [4.69, 9.17) is 9.47 Å². The molecule has 1 aromatic rings. The number of hydrogen-bond donors (Lipinski definition) is 1. The van der Waals surface area contributed by atoms with Gasteiger partial charge in [0.15, 0.2) is 0 Å². The zero-order valence-corrected chi connectivity index (χ0v) is 10.7. The minimum absolute atomic E-state index is 0.251. The first kappa shape index (κ1) is 12.0. The van der Waals surface area contributed by atoms with Gasteiger partial charge in [-0.05, 0) is 43.9 Å². The lowest BCUT2D eigenvalue weighted by molar-refractivity contribution is 0.0421. The van der Waals surface area contributed by atoms with Gasteiger partial charge in [-0.3, -0.25) is 0 Å². The SMILES string of the molecule is CCOc1cccc(C(O)C2CC3CCC2O3)c1. The fourth-order valence-corrected chi connectivity index (χ4v) is 3.21. The van der Waals surface area contributed by atoms with E-state index in [1.165, 1.54) is 0 Å². The maximum absolute atomic E-state index is 10.5. The van der Waals surface area contributed by atoms with Crippen molar-refractivity contribution in [2.75, 3.05) is 6.61 Å². The first-order chi connectivity index (χ1) is 8.78. The average Bonchev–Trinajstić information content (AvgIpc) is 3.01. The summed E-state index contributed by atoms with van der Waals surface area (Å²) in [5.41, 5.74) is 0.946. The molecule has 1 aromatic carbocycles. The number of aliphatic hydroxyl groups excluding tert-OH is 1. The number of aliphatic hydroxyl groups is 1. The van der Waals surface area contributed by atoms with Crippen molar-refractivity contribution in [2.45, 2.75) is 44.5 Å². The summed E-state index contributed by atoms with van der Waals surface area (Å²) < 4.78 is 11.3. The first-order valence-corrected chi connectivity index (χ1v) is 6.84. The highest BCUT2D eigenvalue weighted by Gasteiger charge is 2.44. The summed E-state index contributed by atoms with van der Waals surface area (Å²) in [6, 6.07) is 7.79. The van der Waals surface area contributed by atoms with E-state index in [-0.39, 0.29) is 12.0 Å². The normalized spacial score (nSPS) is 31.6. The third-order valence-corrected chi connectivity index (χ3v) is 4.07. The summed E-state index contributed by atoms with van der Waals surface area (Å²) in [7, 11) is 0. The van der Waals surface area contributed by atoms with E-state index in [2.05, 4.69) is 0 Å². The monoisotopic (exact) mass is 248 g/mol. The molecule has 3 heteroatoms. The van der Waals surface area contributed by atoms with Gasteiger partial charge in [-0.1, -0.05) is 12.1 Å². The summed E-state index contributed by atoms with van der Waals surface area (Å²) in [5, 5.41) is 10.5. The number of rotatable bonds is 4. The molecule has 2 fully saturated rings. The Bertz CT molecular complexity index is 418. The van der Waals surface area contributed by atoms with Crippen LogP contribution in [-0.4, -0.2) is 23.9 Å². The predicted molar refractivity (Wildman–Crippen MR) is 68.6 cm³/mol. The van der Waals surface area contributed by atoms with Crippen molar-refractivity contribution in [1.29, 1.82) is 0 Å². The fraction of sp³-hybridized carbons (Fsp3) is 0.600. The molecule has 2 heterocycles. The molecule has 0 saturated carbocycles. The minimum Gasteiger partial charge on any atom is -0.494 e. The Hall–Kier alpha value is -1.06. The summed E-state index contributed by atoms with van der Waals surface area (Å²) in [5.74, 6) is 1.08. The highest BCUT2D eigenvalue weighted by atomic mass is 16.5. The number of benzene rings is 1. The number of ether oxygens (including phenoxy) is 2. The molecule has 2 aliphatic heterocycles. The predicted octanol–water partition coefficient (Wildman–Crippen LogP) is 2.69. The molecule has 98 valence electrons. The van der Waals surface area contributed by atoms with Gasteiger partial charge in [-0.2, -0.15) is 0 Å². The van der Waals surface area contributed by atoms with Crippen LogP contribution in [0.15, 0.2) is 24.3 Å². The largest absolute Gasteiger partial charge is 0.494 e. The minimum atomic E-state index is -0.430. The fourth-order valence-electron chi connectivity index (χ4n) is 3.21. The third kappa shape index (κ3) is 2.13. The molecule has 18 heavy (non-hydrogen) atoms. The maximum Gasteiger partial charge on any atom is 0.119 e. The zero-order chi connectivity index (χ0) is 12.5. The van der Waals surface area contributed by atoms with Gasteiger partial charge >= 0.3 is 0 Å². The Morgan fingerprint density at radius 1 is 1.44 bits per heavy atom. The molecule has 0 aromatic heterocycles. The Kier molecular flexibility index (Phi) is 3.27. The maximum atomic E-state index is 10.5. The van der Waals surface area contributed by atoms with Gasteiger partial charge < -0.3 is 14.6 Å². The molecule has 2 saturated heterocycles. The third-order valence-electron chi connectivity index (χ3n) is 4.07. The van der Waals surface area contributed by atoms with Crippen LogP contribution in [0.2, 0.25) is 0 Å². The average molecular weight is 248 g/mol. The van der Waals surface area contributed by atoms with Gasteiger partial charge in [-0.15, -0.1) is 0 Å². The van der Waals surface area contributed by atoms with Gasteiger partial charge in [-0.25, -0.2) is 0 Å². The highest BCUT2D eigenvalue weighted by Crippen LogP contribution is 2.44. The van der Waals surface area contributed by atoms with Gasteiger partial charge in [0.1, 0.15) is 5.75 Å². The van der Waals surface area contributed by atoms with Crippen molar-refractivity contribution >= 4 is 0 Å². The van der Waals surface area contributed by atoms with Crippen molar-refractivity contribution in [3.63, 3.8) is 0 Å². The van der Waals surface area contributed by atoms with Crippen molar-refractivity contribution in [2.24, 2.45) is 5.92 Å². The van der Waals surface area contributed by atoms with E-state index in [1.54, 1.807) is 0 Å². The molecule has 3 rings (SSSR count). The van der Waals surface area contributed by atoms with Gasteiger partial charge in [0.05, 0.1) is 24.9 Å². The van der Waals surface area contributed by atoms with E-state index < -0.39 is 6.10 Å². The van der Waals surface area contributed by atoms with Crippen LogP contribution < -0.4 is 4.74 Å². The van der Waals surface area contributed by atoms with Crippen LogP contribution in [0.25, 0.3) is 0 Å². The van der Waals surface area contributed by atoms with Crippen LogP contribution in [0.3, 0.4) is 0 Å². The Balaban J connectivity index is 1.75. The topological polar surface area (TPSA) is 38.7 Å². The van der Waals surface area contributed by atoms with E-state index in [1.807, 2.05) is 31.2 Å². The van der Waals surface area contributed by atoms with Gasteiger partial charge in [0.2, 0.25) is 0 Å². The van der Waals surface area contributed by atoms with Crippen LogP contribution in [0.1, 0.15) is 37.9 Å². The van der Waals surface area contributed by atoms with Crippen molar-refractivity contribution < 1.29 is 14.6 Å². The molecular weight excluding hydrogens is 228 g/mol. The standard InChI is InChI=1S/C15H20O3/c1-2-17-11-5-3-4-10(8-11)15(16)13-9-12-6-7-14(13)18-12/h3-5,8,12-16H,2,6-7,9H2,1H3. The molecular formula is C15H20O3. The van der Waals surface area contributed by atoms with Crippen molar-refractivity contribution in [1.82, 2.24) is 0 Å². The van der Waals surface area contributed by atoms with Gasteiger partial charge in [0, 0.05) is 5.92 Å². The molecule has 0 radical (unpaired) electrons. The van der Waals surface area contributed by atoms with E-state index >= 15 is 0 Å². The molecule has 4 unspecified atom stereocenters. The van der Waals surface area contributed by atoms with Crippen LogP contribution in [-0.2, 0) is 4.74 Å². The van der Waals surface area contributed by atoms with E-state index in [0.29, 0.717) is 12.7 Å². The smallest absolute Gasteiger partial charge is 0.119 e. The molecule has 0 amide bonds. The lowest BCUT2D eigenvalue weighted by Crippen LogP contribution is -2.23. The summed E-state index contributed by atoms with van der Waals surface area (Å²) in [6.07, 6.45) is 3.45. The molecule has 2 bridgehead atoms. The molecule has 4 atom stereocenters. The lowest BCUT2D eigenvalue weighted by atomic mass is 9.82. The second-order valence-corrected chi connectivity index (χ2v) is 5.22. The summed E-state index contributed by atoms with van der Waals surface area (Å²) in [6.45, 7) is 2.61. The van der Waals surface area contributed by atoms with Crippen LogP contribution in [0, 0.1) is 5.92 Å². The molecule has 1 N–H and O–H groups in total. The Morgan fingerprint density at radius 2 is 2.33 bits per heavy atom. The van der Waals surface area contributed by atoms with Crippen molar-refractivity contribution in [3.8, 4) is 5.75 Å². The molecule has 0 aliphatic carbocycles. The highest BCUT2D eigenvalue weighted by molar-refractivity contribution is 5.30. The van der Waals surface area contributed by atoms with Gasteiger partial charge in [0.25, 0.3) is 0 Å². The van der Waals surface area contributed by atoms with Crippen LogP contribution >= 0.6 is 0 Å². The van der Waals surface area contributed by atoms with Crippen molar-refractivity contribution in [3.05, 3.63) is 29.8 Å². The van der Waals surface area contributed by atoms with E-state index in [9.17, 15) is 5.11 Å². The van der Waals surface area contributed by atoms with Crippen LogP contribution in [0.5, 0.6) is 5.75 Å². The first-order valence-electron chi connectivity index (χ1n) is 6.84. The number of hydrogen-bond acceptors (Lipinski definition) is 3. The number of fused-ring (bicyclic) bond motifs is 2. The Labute approximate surface area is 108 Å². The Morgan fingerprint density at radius 3 is 3.00 bits per heavy atom. The quantitative estimate of drug-likeness (QED) is 0.890. The summed E-state index contributed by atoms with van der Waals surface area (Å²) in [4.78, 5) is 0. The molecule has 3 nitrogen and oxygen atoms in total. The second-order valence-electron chi connectivity index (χ2n) is 5.22. The molecule has 2 aliphatic rings. The lowest BCUT2D eigenvalue weighted by Gasteiger charge is -2.24. The molecule has 0 spiro atoms. The van der Waals surface area contributed by atoms with E-state index in [0.717, 1.165) is 30.6 Å².